The normalized spacial score (nSPS) is 16.6. The van der Waals surface area contributed by atoms with Crippen LogP contribution in [0.15, 0.2) is 30.3 Å². The fourth-order valence-corrected chi connectivity index (χ4v) is 2.80. The molecule has 2 N–H and O–H groups in total. The maximum Gasteiger partial charge on any atom is 0.251 e. The van der Waals surface area contributed by atoms with E-state index in [2.05, 4.69) is 22.5 Å². The molecule has 5 nitrogen and oxygen atoms in total. The first-order valence-corrected chi connectivity index (χ1v) is 8.79. The third-order valence-corrected chi connectivity index (χ3v) is 4.69. The predicted octanol–water partition coefficient (Wildman–Crippen LogP) is 2.19. The molecular formula is C19H29N3O2. The number of hydrogen-bond acceptors (Lipinski definition) is 3. The predicted molar refractivity (Wildman–Crippen MR) is 95.9 cm³/mol. The highest BCUT2D eigenvalue weighted by molar-refractivity contribution is 5.94. The number of carbonyl (C=O) groups is 2. The van der Waals surface area contributed by atoms with E-state index in [9.17, 15) is 9.59 Å². The van der Waals surface area contributed by atoms with Crippen LogP contribution in [0.1, 0.15) is 50.4 Å². The van der Waals surface area contributed by atoms with Crippen LogP contribution in [0.2, 0.25) is 0 Å². The Labute approximate surface area is 144 Å². The first-order chi connectivity index (χ1) is 11.4. The number of piperidine rings is 1. The number of amides is 2. The number of carbonyl (C=O) groups excluding carboxylic acids is 2. The van der Waals surface area contributed by atoms with E-state index in [0.717, 1.165) is 32.4 Å². The van der Waals surface area contributed by atoms with Crippen molar-refractivity contribution in [3.63, 3.8) is 0 Å². The number of likely N-dealkylation sites (tertiary alicyclic amines) is 1. The van der Waals surface area contributed by atoms with Gasteiger partial charge < -0.3 is 10.6 Å². The molecule has 0 saturated carbocycles. The van der Waals surface area contributed by atoms with Gasteiger partial charge in [0.15, 0.2) is 0 Å². The lowest BCUT2D eigenvalue weighted by atomic mass is 10.0. The molecule has 2 rings (SSSR count). The summed E-state index contributed by atoms with van der Waals surface area (Å²) in [6, 6.07) is 9.47. The summed E-state index contributed by atoms with van der Waals surface area (Å²) in [6.07, 6.45) is 2.67. The van der Waals surface area contributed by atoms with Gasteiger partial charge in [-0.1, -0.05) is 25.1 Å². The zero-order chi connectivity index (χ0) is 17.6. The third kappa shape index (κ3) is 5.64. The topological polar surface area (TPSA) is 61.4 Å². The van der Waals surface area contributed by atoms with Gasteiger partial charge in [-0.15, -0.1) is 0 Å². The van der Waals surface area contributed by atoms with Gasteiger partial charge in [-0.05, 0) is 45.2 Å². The number of benzene rings is 1. The van der Waals surface area contributed by atoms with Gasteiger partial charge in [0.1, 0.15) is 0 Å². The third-order valence-electron chi connectivity index (χ3n) is 4.69. The van der Waals surface area contributed by atoms with Crippen LogP contribution in [-0.2, 0) is 4.79 Å². The summed E-state index contributed by atoms with van der Waals surface area (Å²) >= 11 is 0. The van der Waals surface area contributed by atoms with Gasteiger partial charge >= 0.3 is 0 Å². The molecule has 1 aliphatic heterocycles. The van der Waals surface area contributed by atoms with Crippen LogP contribution in [0.4, 0.5) is 0 Å². The zero-order valence-corrected chi connectivity index (χ0v) is 15.0. The van der Waals surface area contributed by atoms with Crippen LogP contribution in [0.25, 0.3) is 0 Å². The SMILES string of the molecule is CCC(C)(C)NC(=O)CN1CCC(NC(=O)c2ccccc2)CC1. The van der Waals surface area contributed by atoms with Crippen molar-refractivity contribution in [2.75, 3.05) is 19.6 Å². The molecule has 1 heterocycles. The van der Waals surface area contributed by atoms with Gasteiger partial charge in [0.25, 0.3) is 5.91 Å². The zero-order valence-electron chi connectivity index (χ0n) is 15.0. The van der Waals surface area contributed by atoms with Crippen molar-refractivity contribution in [3.05, 3.63) is 35.9 Å². The van der Waals surface area contributed by atoms with E-state index in [4.69, 9.17) is 0 Å². The second-order valence-electron chi connectivity index (χ2n) is 7.18. The largest absolute Gasteiger partial charge is 0.350 e. The molecule has 132 valence electrons. The maximum absolute atomic E-state index is 12.2. The number of nitrogens with one attached hydrogen (secondary N) is 2. The van der Waals surface area contributed by atoms with Crippen LogP contribution in [0, 0.1) is 0 Å². The molecule has 0 radical (unpaired) electrons. The maximum atomic E-state index is 12.2. The van der Waals surface area contributed by atoms with Gasteiger partial charge in [0.2, 0.25) is 5.91 Å². The summed E-state index contributed by atoms with van der Waals surface area (Å²) in [5, 5.41) is 6.16. The van der Waals surface area contributed by atoms with Crippen molar-refractivity contribution >= 4 is 11.8 Å². The number of rotatable bonds is 6. The Kier molecular flexibility index (Phi) is 6.37. The van der Waals surface area contributed by atoms with Gasteiger partial charge in [0, 0.05) is 30.2 Å². The molecular weight excluding hydrogens is 302 g/mol. The minimum absolute atomic E-state index is 0.0171. The number of hydrogen-bond donors (Lipinski definition) is 2. The quantitative estimate of drug-likeness (QED) is 0.840. The molecule has 1 saturated heterocycles. The Morgan fingerprint density at radius 3 is 2.38 bits per heavy atom. The standard InChI is InChI=1S/C19H29N3O2/c1-4-19(2,3)21-17(23)14-22-12-10-16(11-13-22)20-18(24)15-8-6-5-7-9-15/h5-9,16H,4,10-14H2,1-3H3,(H,20,24)(H,21,23). The fourth-order valence-electron chi connectivity index (χ4n) is 2.80. The Balaban J connectivity index is 1.73. The molecule has 0 unspecified atom stereocenters. The molecule has 1 fully saturated rings. The first-order valence-electron chi connectivity index (χ1n) is 8.79. The molecule has 0 bridgehead atoms. The summed E-state index contributed by atoms with van der Waals surface area (Å²) in [5.41, 5.74) is 0.542. The average Bonchev–Trinajstić information content (AvgIpc) is 2.57. The highest BCUT2D eigenvalue weighted by Gasteiger charge is 2.24. The molecule has 1 aliphatic rings. The van der Waals surface area contributed by atoms with E-state index >= 15 is 0 Å². The molecule has 0 aliphatic carbocycles. The number of nitrogens with zero attached hydrogens (tertiary/aromatic N) is 1. The van der Waals surface area contributed by atoms with E-state index in [-0.39, 0.29) is 23.4 Å². The van der Waals surface area contributed by atoms with Crippen LogP contribution < -0.4 is 10.6 Å². The van der Waals surface area contributed by atoms with Crippen LogP contribution >= 0.6 is 0 Å². The Bertz CT molecular complexity index is 549. The molecule has 1 aromatic carbocycles. The van der Waals surface area contributed by atoms with Crippen molar-refractivity contribution in [2.24, 2.45) is 0 Å². The molecule has 0 spiro atoms. The summed E-state index contributed by atoms with van der Waals surface area (Å²) in [6.45, 7) is 8.25. The smallest absolute Gasteiger partial charge is 0.251 e. The Hall–Kier alpha value is -1.88. The fraction of sp³-hybridized carbons (Fsp3) is 0.579. The lowest BCUT2D eigenvalue weighted by Gasteiger charge is -2.33. The van der Waals surface area contributed by atoms with Crippen molar-refractivity contribution in [1.29, 1.82) is 0 Å². The molecule has 1 aromatic rings. The second kappa shape index (κ2) is 8.29. The van der Waals surface area contributed by atoms with E-state index in [1.54, 1.807) is 0 Å². The average molecular weight is 331 g/mol. The monoisotopic (exact) mass is 331 g/mol. The van der Waals surface area contributed by atoms with E-state index in [1.165, 1.54) is 0 Å². The van der Waals surface area contributed by atoms with Gasteiger partial charge in [-0.2, -0.15) is 0 Å². The molecule has 0 aromatic heterocycles. The molecule has 5 heteroatoms. The van der Waals surface area contributed by atoms with E-state index < -0.39 is 0 Å². The summed E-state index contributed by atoms with van der Waals surface area (Å²) in [5.74, 6) is 0.0603. The lowest BCUT2D eigenvalue weighted by Crippen LogP contribution is -2.50. The Morgan fingerprint density at radius 2 is 1.79 bits per heavy atom. The van der Waals surface area contributed by atoms with Crippen LogP contribution in [0.3, 0.4) is 0 Å². The van der Waals surface area contributed by atoms with E-state index in [1.807, 2.05) is 44.2 Å². The molecule has 0 atom stereocenters. The van der Waals surface area contributed by atoms with Crippen molar-refractivity contribution in [3.8, 4) is 0 Å². The molecule has 2 amide bonds. The van der Waals surface area contributed by atoms with Gasteiger partial charge in [-0.25, -0.2) is 0 Å². The van der Waals surface area contributed by atoms with Crippen molar-refractivity contribution in [2.45, 2.75) is 51.6 Å². The first kappa shape index (κ1) is 18.5. The highest BCUT2D eigenvalue weighted by atomic mass is 16.2. The van der Waals surface area contributed by atoms with Gasteiger partial charge in [0.05, 0.1) is 6.54 Å². The second-order valence-corrected chi connectivity index (χ2v) is 7.18. The summed E-state index contributed by atoms with van der Waals surface area (Å²) in [7, 11) is 0. The minimum atomic E-state index is -0.154. The van der Waals surface area contributed by atoms with Crippen LogP contribution in [-0.4, -0.2) is 47.9 Å². The van der Waals surface area contributed by atoms with Crippen LogP contribution in [0.5, 0.6) is 0 Å². The Morgan fingerprint density at radius 1 is 1.17 bits per heavy atom. The van der Waals surface area contributed by atoms with Crippen molar-refractivity contribution < 1.29 is 9.59 Å². The van der Waals surface area contributed by atoms with Gasteiger partial charge in [-0.3, -0.25) is 14.5 Å². The molecule has 24 heavy (non-hydrogen) atoms. The minimum Gasteiger partial charge on any atom is -0.350 e. The summed E-state index contributed by atoms with van der Waals surface area (Å²) in [4.78, 5) is 26.4. The highest BCUT2D eigenvalue weighted by Crippen LogP contribution is 2.12. The van der Waals surface area contributed by atoms with E-state index in [0.29, 0.717) is 12.1 Å². The van der Waals surface area contributed by atoms with Crippen molar-refractivity contribution in [1.82, 2.24) is 15.5 Å². The summed E-state index contributed by atoms with van der Waals surface area (Å²) < 4.78 is 0. The lowest BCUT2D eigenvalue weighted by molar-refractivity contribution is -0.124.